The van der Waals surface area contributed by atoms with Crippen LogP contribution in [0.25, 0.3) is 0 Å². The lowest BCUT2D eigenvalue weighted by molar-refractivity contribution is -0.131. The Morgan fingerprint density at radius 2 is 1.81 bits per heavy atom. The number of carbonyl (C=O) groups excluding carboxylic acids is 2. The lowest BCUT2D eigenvalue weighted by Gasteiger charge is -2.42. The molecule has 2 aliphatic heterocycles. The fraction of sp³-hybridized carbons (Fsp3) is 0.600. The lowest BCUT2D eigenvalue weighted by atomic mass is 9.93. The first-order valence-corrected chi connectivity index (χ1v) is 9.71. The van der Waals surface area contributed by atoms with Crippen LogP contribution < -0.4 is 11.1 Å². The number of nitrogens with two attached hydrogens (primary N) is 1. The maximum atomic E-state index is 12.6. The topological polar surface area (TPSA) is 78.7 Å². The fourth-order valence-electron chi connectivity index (χ4n) is 4.09. The van der Waals surface area contributed by atoms with E-state index < -0.39 is 0 Å². The van der Waals surface area contributed by atoms with Crippen LogP contribution in [0, 0.1) is 5.92 Å². The number of amides is 2. The minimum absolute atomic E-state index is 0.0419. The quantitative estimate of drug-likeness (QED) is 0.822. The third kappa shape index (κ3) is 4.83. The Kier molecular flexibility index (Phi) is 6.63. The molecule has 6 nitrogen and oxygen atoms in total. The zero-order valence-electron chi connectivity index (χ0n) is 15.4. The van der Waals surface area contributed by atoms with Crippen LogP contribution in [0.3, 0.4) is 0 Å². The summed E-state index contributed by atoms with van der Waals surface area (Å²) in [5.41, 5.74) is 6.59. The molecule has 0 saturated carbocycles. The molecule has 0 radical (unpaired) electrons. The van der Waals surface area contributed by atoms with E-state index in [1.807, 2.05) is 35.2 Å². The summed E-state index contributed by atoms with van der Waals surface area (Å²) in [6.07, 6.45) is 3.97. The van der Waals surface area contributed by atoms with Crippen molar-refractivity contribution in [1.29, 1.82) is 0 Å². The summed E-state index contributed by atoms with van der Waals surface area (Å²) in [6, 6.07) is 10.5. The van der Waals surface area contributed by atoms with Gasteiger partial charge in [0.25, 0.3) is 0 Å². The van der Waals surface area contributed by atoms with Gasteiger partial charge < -0.3 is 16.0 Å². The zero-order chi connectivity index (χ0) is 18.4. The molecule has 2 fully saturated rings. The van der Waals surface area contributed by atoms with E-state index in [0.717, 1.165) is 57.4 Å². The van der Waals surface area contributed by atoms with Crippen LogP contribution in [-0.4, -0.2) is 60.4 Å². The minimum atomic E-state index is 0.0419. The molecule has 1 aromatic rings. The van der Waals surface area contributed by atoms with Crippen LogP contribution >= 0.6 is 0 Å². The van der Waals surface area contributed by atoms with Crippen molar-refractivity contribution in [3.63, 3.8) is 0 Å². The molecule has 0 spiro atoms. The van der Waals surface area contributed by atoms with E-state index >= 15 is 0 Å². The summed E-state index contributed by atoms with van der Waals surface area (Å²) >= 11 is 0. The van der Waals surface area contributed by atoms with Crippen molar-refractivity contribution in [1.82, 2.24) is 15.1 Å². The Morgan fingerprint density at radius 1 is 1.08 bits per heavy atom. The molecule has 3 N–H and O–H groups in total. The van der Waals surface area contributed by atoms with Gasteiger partial charge in [-0.2, -0.15) is 0 Å². The van der Waals surface area contributed by atoms with Gasteiger partial charge in [-0.05, 0) is 37.8 Å². The standard InChI is InChI=1S/C20H30N4O2/c21-13-19(25)23-11-8-18(9-12-23)24-10-4-7-17(15-24)20(26)22-14-16-5-2-1-3-6-16/h1-3,5-6,17-18H,4,7-15,21H2,(H,22,26)/t17-/m0/s1. The second-order valence-electron chi connectivity index (χ2n) is 7.35. The van der Waals surface area contributed by atoms with Crippen molar-refractivity contribution in [3.8, 4) is 0 Å². The summed E-state index contributed by atoms with van der Waals surface area (Å²) in [6.45, 7) is 4.13. The molecule has 26 heavy (non-hydrogen) atoms. The SMILES string of the molecule is NCC(=O)N1CCC(N2CCC[C@H](C(=O)NCc3ccccc3)C2)CC1. The number of benzene rings is 1. The molecule has 2 aliphatic rings. The molecule has 142 valence electrons. The molecular formula is C20H30N4O2. The van der Waals surface area contributed by atoms with Crippen molar-refractivity contribution in [2.75, 3.05) is 32.7 Å². The van der Waals surface area contributed by atoms with E-state index in [0.29, 0.717) is 12.6 Å². The van der Waals surface area contributed by atoms with E-state index in [-0.39, 0.29) is 24.3 Å². The summed E-state index contributed by atoms with van der Waals surface area (Å²) in [4.78, 5) is 28.6. The number of hydrogen-bond acceptors (Lipinski definition) is 4. The normalized spacial score (nSPS) is 22.2. The highest BCUT2D eigenvalue weighted by atomic mass is 16.2. The molecule has 0 bridgehead atoms. The molecule has 1 aromatic carbocycles. The van der Waals surface area contributed by atoms with Crippen LogP contribution in [0.4, 0.5) is 0 Å². The minimum Gasteiger partial charge on any atom is -0.352 e. The van der Waals surface area contributed by atoms with Gasteiger partial charge in [0.1, 0.15) is 0 Å². The smallest absolute Gasteiger partial charge is 0.236 e. The largest absolute Gasteiger partial charge is 0.352 e. The van der Waals surface area contributed by atoms with Gasteiger partial charge in [0.2, 0.25) is 11.8 Å². The van der Waals surface area contributed by atoms with E-state index in [4.69, 9.17) is 5.73 Å². The van der Waals surface area contributed by atoms with Crippen LogP contribution in [0.1, 0.15) is 31.2 Å². The first-order chi connectivity index (χ1) is 12.7. The van der Waals surface area contributed by atoms with Gasteiger partial charge in [-0.25, -0.2) is 0 Å². The Balaban J connectivity index is 1.46. The average Bonchev–Trinajstić information content (AvgIpc) is 2.72. The maximum Gasteiger partial charge on any atom is 0.236 e. The highest BCUT2D eigenvalue weighted by molar-refractivity contribution is 5.79. The molecule has 2 saturated heterocycles. The number of nitrogens with zero attached hydrogens (tertiary/aromatic N) is 2. The van der Waals surface area contributed by atoms with Crippen LogP contribution in [0.2, 0.25) is 0 Å². The molecular weight excluding hydrogens is 328 g/mol. The molecule has 0 unspecified atom stereocenters. The molecule has 3 rings (SSSR count). The number of hydrogen-bond donors (Lipinski definition) is 2. The number of rotatable bonds is 5. The Bertz CT molecular complexity index is 599. The van der Waals surface area contributed by atoms with Crippen molar-refractivity contribution in [2.45, 2.75) is 38.3 Å². The van der Waals surface area contributed by atoms with Crippen molar-refractivity contribution in [2.24, 2.45) is 11.7 Å². The predicted octanol–water partition coefficient (Wildman–Crippen LogP) is 0.965. The predicted molar refractivity (Wildman–Crippen MR) is 101 cm³/mol. The Hall–Kier alpha value is -1.92. The number of carbonyl (C=O) groups is 2. The monoisotopic (exact) mass is 358 g/mol. The molecule has 2 amide bonds. The number of piperidine rings is 2. The zero-order valence-corrected chi connectivity index (χ0v) is 15.4. The number of nitrogens with one attached hydrogen (secondary N) is 1. The molecule has 0 aliphatic carbocycles. The van der Waals surface area contributed by atoms with Crippen molar-refractivity contribution >= 4 is 11.8 Å². The van der Waals surface area contributed by atoms with Gasteiger partial charge in [0.15, 0.2) is 0 Å². The highest BCUT2D eigenvalue weighted by Crippen LogP contribution is 2.24. The van der Waals surface area contributed by atoms with Gasteiger partial charge in [-0.15, -0.1) is 0 Å². The summed E-state index contributed by atoms with van der Waals surface area (Å²) in [7, 11) is 0. The molecule has 1 atom stereocenters. The van der Waals surface area contributed by atoms with Gasteiger partial charge >= 0.3 is 0 Å². The van der Waals surface area contributed by atoms with Crippen LogP contribution in [-0.2, 0) is 16.1 Å². The number of likely N-dealkylation sites (tertiary alicyclic amines) is 2. The average molecular weight is 358 g/mol. The second-order valence-corrected chi connectivity index (χ2v) is 7.35. The van der Waals surface area contributed by atoms with Gasteiger partial charge in [0.05, 0.1) is 12.5 Å². The molecule has 0 aromatic heterocycles. The molecule has 2 heterocycles. The fourth-order valence-corrected chi connectivity index (χ4v) is 4.09. The maximum absolute atomic E-state index is 12.6. The van der Waals surface area contributed by atoms with Gasteiger partial charge in [0, 0.05) is 32.2 Å². The van der Waals surface area contributed by atoms with Gasteiger partial charge in [-0.3, -0.25) is 14.5 Å². The van der Waals surface area contributed by atoms with E-state index in [9.17, 15) is 9.59 Å². The van der Waals surface area contributed by atoms with Crippen molar-refractivity contribution in [3.05, 3.63) is 35.9 Å². The second kappa shape index (κ2) is 9.14. The lowest BCUT2D eigenvalue weighted by Crippen LogP contribution is -2.52. The van der Waals surface area contributed by atoms with Crippen LogP contribution in [0.15, 0.2) is 30.3 Å². The van der Waals surface area contributed by atoms with Crippen LogP contribution in [0.5, 0.6) is 0 Å². The van der Waals surface area contributed by atoms with E-state index in [1.165, 1.54) is 0 Å². The summed E-state index contributed by atoms with van der Waals surface area (Å²) in [5, 5.41) is 3.09. The van der Waals surface area contributed by atoms with Gasteiger partial charge in [-0.1, -0.05) is 30.3 Å². The van der Waals surface area contributed by atoms with E-state index in [1.54, 1.807) is 0 Å². The Labute approximate surface area is 155 Å². The summed E-state index contributed by atoms with van der Waals surface area (Å²) in [5.74, 6) is 0.269. The first-order valence-electron chi connectivity index (χ1n) is 9.71. The third-order valence-corrected chi connectivity index (χ3v) is 5.64. The Morgan fingerprint density at radius 3 is 2.50 bits per heavy atom. The molecule has 6 heteroatoms. The van der Waals surface area contributed by atoms with Crippen molar-refractivity contribution < 1.29 is 9.59 Å². The van der Waals surface area contributed by atoms with E-state index in [2.05, 4.69) is 10.2 Å². The highest BCUT2D eigenvalue weighted by Gasteiger charge is 2.32. The first kappa shape index (κ1) is 18.9. The third-order valence-electron chi connectivity index (χ3n) is 5.64. The summed E-state index contributed by atoms with van der Waals surface area (Å²) < 4.78 is 0.